The van der Waals surface area contributed by atoms with Crippen molar-refractivity contribution >= 4 is 33.8 Å². The van der Waals surface area contributed by atoms with Crippen molar-refractivity contribution in [3.63, 3.8) is 0 Å². The van der Waals surface area contributed by atoms with E-state index in [0.717, 1.165) is 16.5 Å². The monoisotopic (exact) mass is 419 g/mol. The number of carbonyl (C=O) groups is 1. The van der Waals surface area contributed by atoms with Gasteiger partial charge in [-0.3, -0.25) is 13.8 Å². The van der Waals surface area contributed by atoms with Gasteiger partial charge < -0.3 is 9.64 Å². The fourth-order valence-corrected chi connectivity index (χ4v) is 3.99. The van der Waals surface area contributed by atoms with Gasteiger partial charge >= 0.3 is 6.09 Å². The predicted molar refractivity (Wildman–Crippen MR) is 116 cm³/mol. The molecule has 0 saturated carbocycles. The number of hydrogen-bond donors (Lipinski definition) is 1. The van der Waals surface area contributed by atoms with Crippen LogP contribution < -0.4 is 4.31 Å². The number of nitrogens with zero attached hydrogens (tertiary/aromatic N) is 3. The number of piperazine rings is 1. The molecule has 0 spiro atoms. The summed E-state index contributed by atoms with van der Waals surface area (Å²) in [6, 6.07) is 13.6. The zero-order valence-corrected chi connectivity index (χ0v) is 18.0. The van der Waals surface area contributed by atoms with Crippen molar-refractivity contribution in [3.8, 4) is 0 Å². The number of anilines is 1. The molecule has 1 N–H and O–H groups in total. The molecule has 7 nitrogen and oxygen atoms in total. The normalized spacial score (nSPS) is 16.6. The van der Waals surface area contributed by atoms with E-state index in [4.69, 9.17) is 4.74 Å². The molecule has 1 aliphatic rings. The van der Waals surface area contributed by atoms with Crippen molar-refractivity contribution in [2.45, 2.75) is 26.4 Å². The first-order chi connectivity index (χ1) is 13.7. The smallest absolute Gasteiger partial charge is 0.410 e. The van der Waals surface area contributed by atoms with Gasteiger partial charge in [-0.1, -0.05) is 36.4 Å². The second-order valence-electron chi connectivity index (χ2n) is 8.14. The van der Waals surface area contributed by atoms with E-state index in [9.17, 15) is 13.6 Å². The fraction of sp³-hybridized carbons (Fsp3) is 0.476. The molecule has 158 valence electrons. The molecule has 2 aromatic carbocycles. The van der Waals surface area contributed by atoms with Crippen LogP contribution in [-0.2, 0) is 16.0 Å². The van der Waals surface area contributed by atoms with Crippen molar-refractivity contribution in [3.05, 3.63) is 42.5 Å². The molecule has 8 heteroatoms. The van der Waals surface area contributed by atoms with Gasteiger partial charge in [0.05, 0.1) is 5.69 Å². The van der Waals surface area contributed by atoms with Gasteiger partial charge in [0.1, 0.15) is 5.60 Å². The lowest BCUT2D eigenvalue weighted by molar-refractivity contribution is 0.0148. The maximum atomic E-state index is 12.2. The predicted octanol–water partition coefficient (Wildman–Crippen LogP) is 3.34. The standard InChI is InChI=1S/C21H29N3O4S/c1-21(2,3)28-20(25)23-14-11-22(12-15-23)13-16-24(29(26)27)19-10-6-8-17-7-4-5-9-18(17)19/h4-10H,11-16H2,1-3H3,(H,26,27). The highest BCUT2D eigenvalue weighted by molar-refractivity contribution is 7.80. The summed E-state index contributed by atoms with van der Waals surface area (Å²) in [6.45, 7) is 9.23. The van der Waals surface area contributed by atoms with Crippen LogP contribution in [0.25, 0.3) is 10.8 Å². The summed E-state index contributed by atoms with van der Waals surface area (Å²) in [5.74, 6) is 0. The number of fused-ring (bicyclic) bond motifs is 1. The van der Waals surface area contributed by atoms with Crippen LogP contribution in [0.5, 0.6) is 0 Å². The molecule has 1 saturated heterocycles. The quantitative estimate of drug-likeness (QED) is 0.753. The van der Waals surface area contributed by atoms with Crippen LogP contribution in [0.4, 0.5) is 10.5 Å². The second kappa shape index (κ2) is 9.11. The average molecular weight is 420 g/mol. The topological polar surface area (TPSA) is 73.3 Å². The van der Waals surface area contributed by atoms with Gasteiger partial charge in [0.15, 0.2) is 0 Å². The molecule has 2 aromatic rings. The summed E-state index contributed by atoms with van der Waals surface area (Å²) in [4.78, 5) is 16.1. The Bertz CT molecular complexity index is 870. The van der Waals surface area contributed by atoms with Crippen molar-refractivity contribution in [1.82, 2.24) is 9.80 Å². The summed E-state index contributed by atoms with van der Waals surface area (Å²) in [7, 11) is 0. The SMILES string of the molecule is CC(C)(C)OC(=O)N1CCN(CCN(c2cccc3ccccc23)S(=O)O)CC1. The molecular formula is C21H29N3O4S. The van der Waals surface area contributed by atoms with Crippen LogP contribution in [0, 0.1) is 0 Å². The van der Waals surface area contributed by atoms with Gasteiger partial charge in [0.25, 0.3) is 11.3 Å². The largest absolute Gasteiger partial charge is 0.444 e. The third kappa shape index (κ3) is 5.68. The number of carbonyl (C=O) groups excluding carboxylic acids is 1. The van der Waals surface area contributed by atoms with Gasteiger partial charge in [0, 0.05) is 44.7 Å². The zero-order valence-electron chi connectivity index (χ0n) is 17.2. The Hall–Kier alpha value is -2.16. The second-order valence-corrected chi connectivity index (χ2v) is 9.04. The summed E-state index contributed by atoms with van der Waals surface area (Å²) in [5.41, 5.74) is 0.245. The van der Waals surface area contributed by atoms with Gasteiger partial charge in [-0.2, -0.15) is 0 Å². The molecular weight excluding hydrogens is 390 g/mol. The summed E-state index contributed by atoms with van der Waals surface area (Å²) < 4.78 is 28.9. The van der Waals surface area contributed by atoms with Gasteiger partial charge in [0.2, 0.25) is 0 Å². The Morgan fingerprint density at radius 3 is 2.41 bits per heavy atom. The molecule has 1 heterocycles. The third-order valence-electron chi connectivity index (χ3n) is 4.87. The van der Waals surface area contributed by atoms with E-state index in [-0.39, 0.29) is 6.09 Å². The van der Waals surface area contributed by atoms with Crippen LogP contribution >= 0.6 is 0 Å². The van der Waals surface area contributed by atoms with E-state index in [0.29, 0.717) is 39.3 Å². The van der Waals surface area contributed by atoms with E-state index in [1.165, 1.54) is 4.31 Å². The fourth-order valence-electron chi connectivity index (χ4n) is 3.42. The molecule has 1 amide bonds. The third-order valence-corrected chi connectivity index (χ3v) is 5.62. The lowest BCUT2D eigenvalue weighted by atomic mass is 10.1. The lowest BCUT2D eigenvalue weighted by Gasteiger charge is -2.36. The van der Waals surface area contributed by atoms with Gasteiger partial charge in [-0.15, -0.1) is 0 Å². The highest BCUT2D eigenvalue weighted by Crippen LogP contribution is 2.27. The molecule has 1 unspecified atom stereocenters. The van der Waals surface area contributed by atoms with Crippen LogP contribution in [-0.4, -0.2) is 69.5 Å². The minimum Gasteiger partial charge on any atom is -0.444 e. The summed E-state index contributed by atoms with van der Waals surface area (Å²) in [6.07, 6.45) is -0.286. The van der Waals surface area contributed by atoms with Crippen LogP contribution in [0.15, 0.2) is 42.5 Å². The Morgan fingerprint density at radius 1 is 1.10 bits per heavy atom. The molecule has 1 aliphatic heterocycles. The molecule has 3 rings (SSSR count). The summed E-state index contributed by atoms with van der Waals surface area (Å²) in [5, 5.41) is 1.98. The number of hydrogen-bond acceptors (Lipinski definition) is 4. The van der Waals surface area contributed by atoms with Crippen molar-refractivity contribution in [2.24, 2.45) is 0 Å². The molecule has 1 atom stereocenters. The van der Waals surface area contributed by atoms with E-state index in [1.54, 1.807) is 4.90 Å². The maximum absolute atomic E-state index is 12.2. The number of ether oxygens (including phenoxy) is 1. The molecule has 1 fully saturated rings. The van der Waals surface area contributed by atoms with E-state index >= 15 is 0 Å². The van der Waals surface area contributed by atoms with Crippen molar-refractivity contribution < 1.29 is 18.3 Å². The Kier molecular flexibility index (Phi) is 6.77. The molecule has 0 aliphatic carbocycles. The van der Waals surface area contributed by atoms with Crippen molar-refractivity contribution in [2.75, 3.05) is 43.6 Å². The Morgan fingerprint density at radius 2 is 1.76 bits per heavy atom. The highest BCUT2D eigenvalue weighted by atomic mass is 32.2. The minimum absolute atomic E-state index is 0.286. The summed E-state index contributed by atoms with van der Waals surface area (Å²) >= 11 is -2.12. The number of amides is 1. The first-order valence-corrected chi connectivity index (χ1v) is 10.9. The van der Waals surface area contributed by atoms with Crippen LogP contribution in [0.2, 0.25) is 0 Å². The molecule has 0 aromatic heterocycles. The van der Waals surface area contributed by atoms with Crippen LogP contribution in [0.1, 0.15) is 20.8 Å². The van der Waals surface area contributed by atoms with Crippen molar-refractivity contribution in [1.29, 1.82) is 0 Å². The maximum Gasteiger partial charge on any atom is 0.410 e. The first kappa shape index (κ1) is 21.5. The Labute approximate surface area is 174 Å². The van der Waals surface area contributed by atoms with Gasteiger partial charge in [-0.25, -0.2) is 9.00 Å². The number of benzene rings is 2. The molecule has 29 heavy (non-hydrogen) atoms. The number of rotatable bonds is 5. The highest BCUT2D eigenvalue weighted by Gasteiger charge is 2.26. The van der Waals surface area contributed by atoms with Crippen LogP contribution in [0.3, 0.4) is 0 Å². The molecule has 0 bridgehead atoms. The zero-order chi connectivity index (χ0) is 21.0. The first-order valence-electron chi connectivity index (χ1n) is 9.81. The average Bonchev–Trinajstić information content (AvgIpc) is 2.67. The minimum atomic E-state index is -2.12. The molecule has 0 radical (unpaired) electrons. The van der Waals surface area contributed by atoms with Gasteiger partial charge in [-0.05, 0) is 32.2 Å². The Balaban J connectivity index is 1.60. The van der Waals surface area contributed by atoms with E-state index in [1.807, 2.05) is 63.2 Å². The lowest BCUT2D eigenvalue weighted by Crippen LogP contribution is -2.51. The van der Waals surface area contributed by atoms with E-state index < -0.39 is 16.9 Å². The van der Waals surface area contributed by atoms with E-state index in [2.05, 4.69) is 4.90 Å².